The Morgan fingerprint density at radius 3 is 1.51 bits per heavy atom. The van der Waals surface area contributed by atoms with Crippen LogP contribution in [0.3, 0.4) is 0 Å². The van der Waals surface area contributed by atoms with Gasteiger partial charge < -0.3 is 22.4 Å². The summed E-state index contributed by atoms with van der Waals surface area (Å²) in [5.74, 6) is 0. The molecule has 7 heterocycles. The van der Waals surface area contributed by atoms with E-state index in [-0.39, 0.29) is 5.41 Å². The van der Waals surface area contributed by atoms with Crippen molar-refractivity contribution in [3.05, 3.63) is 242 Å². The quantitative estimate of drug-likeness (QED) is 0.174. The number of furan rings is 1. The molecule has 0 N–H and O–H groups in total. The van der Waals surface area contributed by atoms with E-state index in [1.54, 1.807) is 0 Å². The second-order valence-corrected chi connectivity index (χ2v) is 23.1. The SMILES string of the molecule is CC1(C)c2cc(-n3c4ccccc4c4c(-c5cccc6c5c5cccc7c8c9oc%10cc(-n%11c%12ccccc%12c%12ccccc%12%11)ccc%10c9ccc8n6c57)cccc43)ccc2-c2ccc3c(c21)c1cccc2c4ccccc4n3c21. The Kier molecular flexibility index (Phi) is 7.42. The molecule has 0 bridgehead atoms. The number of nitrogens with zero attached hydrogens (tertiary/aromatic N) is 4. The lowest BCUT2D eigenvalue weighted by Gasteiger charge is -2.23. The Bertz CT molecular complexity index is 5950. The third-order valence-electron chi connectivity index (χ3n) is 19.0. The summed E-state index contributed by atoms with van der Waals surface area (Å²) in [6.07, 6.45) is 0. The maximum Gasteiger partial charge on any atom is 0.145 e. The maximum absolute atomic E-state index is 7.10. The molecule has 0 fully saturated rings. The Labute approximate surface area is 456 Å². The average Bonchev–Trinajstić information content (AvgIpc) is 4.20. The largest absolute Gasteiger partial charge is 0.455 e. The van der Waals surface area contributed by atoms with Crippen molar-refractivity contribution in [2.45, 2.75) is 19.3 Å². The average molecular weight is 1020 g/mol. The van der Waals surface area contributed by atoms with Gasteiger partial charge in [0.05, 0.1) is 60.6 Å². The number of aromatic nitrogens is 4. The van der Waals surface area contributed by atoms with Gasteiger partial charge in [0.15, 0.2) is 0 Å². The normalized spacial score (nSPS) is 13.7. The van der Waals surface area contributed by atoms with Crippen molar-refractivity contribution in [2.75, 3.05) is 0 Å². The predicted octanol–water partition coefficient (Wildman–Crippen LogP) is 20.1. The third kappa shape index (κ3) is 4.82. The summed E-state index contributed by atoms with van der Waals surface area (Å²) in [6.45, 7) is 4.88. The van der Waals surface area contributed by atoms with Crippen molar-refractivity contribution in [1.29, 1.82) is 0 Å². The van der Waals surface area contributed by atoms with E-state index in [1.807, 2.05) is 0 Å². The molecule has 7 aromatic heterocycles. The van der Waals surface area contributed by atoms with Crippen LogP contribution in [0.4, 0.5) is 0 Å². The second kappa shape index (κ2) is 14.2. The van der Waals surface area contributed by atoms with Crippen molar-refractivity contribution in [1.82, 2.24) is 17.9 Å². The van der Waals surface area contributed by atoms with Crippen molar-refractivity contribution in [2.24, 2.45) is 0 Å². The number of hydrogen-bond acceptors (Lipinski definition) is 1. The summed E-state index contributed by atoms with van der Waals surface area (Å²) < 4.78 is 17.0. The van der Waals surface area contributed by atoms with Gasteiger partial charge in [-0.1, -0.05) is 159 Å². The highest BCUT2D eigenvalue weighted by Gasteiger charge is 2.39. The van der Waals surface area contributed by atoms with Gasteiger partial charge in [-0.15, -0.1) is 0 Å². The standard InChI is InChI=1S/C75H44N4O/c1-75(2)57-39-41(31-33-43(57)50-35-37-64-69(71(50)75)55-23-11-21-51-46-17-5-9-27-60(46)78(64)72(51)55)77-61-28-10-6-18-53(61)67-48(19-13-29-62(67)77)49-20-14-30-63-68(49)54-22-12-24-56-70-65(79(63)73(54)56)38-36-52-47-34-32-42(40-66(47)80-74(52)70)76-58-25-7-3-15-44(58)45-16-4-8-26-59(45)76/h3-40H,1-2H3. The molecular weight excluding hydrogens is 973 g/mol. The van der Waals surface area contributed by atoms with Crippen LogP contribution in [0.15, 0.2) is 235 Å². The summed E-state index contributed by atoms with van der Waals surface area (Å²) >= 11 is 0. The van der Waals surface area contributed by atoms with Crippen LogP contribution >= 0.6 is 0 Å². The number of hydrogen-bond donors (Lipinski definition) is 0. The van der Waals surface area contributed by atoms with Crippen LogP contribution in [-0.2, 0) is 5.41 Å². The van der Waals surface area contributed by atoms with Crippen LogP contribution in [0.2, 0.25) is 0 Å². The summed E-state index contributed by atoms with van der Waals surface area (Å²) in [5.41, 5.74) is 24.0. The number of rotatable bonds is 3. The zero-order valence-corrected chi connectivity index (χ0v) is 43.6. The van der Waals surface area contributed by atoms with E-state index in [4.69, 9.17) is 4.42 Å². The first-order valence-electron chi connectivity index (χ1n) is 27.9. The van der Waals surface area contributed by atoms with Gasteiger partial charge in [0.1, 0.15) is 11.2 Å². The van der Waals surface area contributed by atoms with Gasteiger partial charge in [-0.25, -0.2) is 0 Å². The molecule has 0 saturated carbocycles. The van der Waals surface area contributed by atoms with Gasteiger partial charge in [0, 0.05) is 92.9 Å². The number of fused-ring (bicyclic) bond motifs is 26. The third-order valence-corrected chi connectivity index (χ3v) is 19.0. The molecule has 20 rings (SSSR count). The minimum absolute atomic E-state index is 0.252. The van der Waals surface area contributed by atoms with Gasteiger partial charge in [-0.2, -0.15) is 0 Å². The first-order valence-corrected chi connectivity index (χ1v) is 27.9. The van der Waals surface area contributed by atoms with Crippen LogP contribution in [0.1, 0.15) is 25.0 Å². The van der Waals surface area contributed by atoms with Crippen LogP contribution < -0.4 is 0 Å². The smallest absolute Gasteiger partial charge is 0.145 e. The molecule has 0 radical (unpaired) electrons. The number of para-hydroxylation sites is 6. The molecule has 1 aliphatic rings. The van der Waals surface area contributed by atoms with E-state index in [0.29, 0.717) is 0 Å². The Morgan fingerprint density at radius 2 is 0.762 bits per heavy atom. The summed E-state index contributed by atoms with van der Waals surface area (Å²) in [4.78, 5) is 0. The lowest BCUT2D eigenvalue weighted by molar-refractivity contribution is 0.666. The molecule has 370 valence electrons. The Hall–Kier alpha value is -10.4. The molecule has 0 amide bonds. The molecule has 5 nitrogen and oxygen atoms in total. The molecule has 0 spiro atoms. The summed E-state index contributed by atoms with van der Waals surface area (Å²) in [6, 6.07) is 86.1. The van der Waals surface area contributed by atoms with E-state index in [1.165, 1.54) is 148 Å². The highest BCUT2D eigenvalue weighted by molar-refractivity contribution is 6.32. The van der Waals surface area contributed by atoms with Crippen LogP contribution in [0.5, 0.6) is 0 Å². The first-order chi connectivity index (χ1) is 39.5. The second-order valence-electron chi connectivity index (χ2n) is 23.1. The molecule has 0 aliphatic heterocycles. The van der Waals surface area contributed by atoms with Gasteiger partial charge >= 0.3 is 0 Å². The Morgan fingerprint density at radius 1 is 0.300 bits per heavy atom. The molecule has 0 unspecified atom stereocenters. The topological polar surface area (TPSA) is 31.8 Å². The molecule has 1 aliphatic carbocycles. The maximum atomic E-state index is 7.10. The molecule has 5 heteroatoms. The summed E-state index contributed by atoms with van der Waals surface area (Å²) in [7, 11) is 0. The predicted molar refractivity (Wildman–Crippen MR) is 335 cm³/mol. The monoisotopic (exact) mass is 1020 g/mol. The molecule has 19 aromatic rings. The van der Waals surface area contributed by atoms with Gasteiger partial charge in [0.2, 0.25) is 0 Å². The fraction of sp³-hybridized carbons (Fsp3) is 0.0400. The van der Waals surface area contributed by atoms with E-state index >= 15 is 0 Å². The highest BCUT2D eigenvalue weighted by Crippen LogP contribution is 2.55. The number of benzene rings is 12. The molecule has 0 atom stereocenters. The minimum Gasteiger partial charge on any atom is -0.455 e. The van der Waals surface area contributed by atoms with Crippen LogP contribution in [0, 0.1) is 0 Å². The minimum atomic E-state index is -0.252. The fourth-order valence-electron chi connectivity index (χ4n) is 15.9. The van der Waals surface area contributed by atoms with Gasteiger partial charge in [0.25, 0.3) is 0 Å². The zero-order valence-electron chi connectivity index (χ0n) is 43.6. The van der Waals surface area contributed by atoms with Crippen molar-refractivity contribution in [3.8, 4) is 33.6 Å². The highest BCUT2D eigenvalue weighted by atomic mass is 16.3. The van der Waals surface area contributed by atoms with Crippen molar-refractivity contribution < 1.29 is 4.42 Å². The lowest BCUT2D eigenvalue weighted by atomic mass is 9.80. The molecule has 80 heavy (non-hydrogen) atoms. The molecule has 0 saturated heterocycles. The zero-order chi connectivity index (χ0) is 52.0. The van der Waals surface area contributed by atoms with Gasteiger partial charge in [-0.3, -0.25) is 0 Å². The first kappa shape index (κ1) is 41.8. The fourth-order valence-corrected chi connectivity index (χ4v) is 15.9. The van der Waals surface area contributed by atoms with Crippen molar-refractivity contribution in [3.63, 3.8) is 0 Å². The van der Waals surface area contributed by atoms with E-state index in [0.717, 1.165) is 38.5 Å². The molecular formula is C75H44N4O. The van der Waals surface area contributed by atoms with Crippen LogP contribution in [0.25, 0.3) is 175 Å². The lowest BCUT2D eigenvalue weighted by Crippen LogP contribution is -2.16. The summed E-state index contributed by atoms with van der Waals surface area (Å²) in [5, 5.41) is 17.5. The Balaban J connectivity index is 0.761. The van der Waals surface area contributed by atoms with E-state index in [9.17, 15) is 0 Å². The van der Waals surface area contributed by atoms with Crippen molar-refractivity contribution >= 4 is 142 Å². The van der Waals surface area contributed by atoms with E-state index < -0.39 is 0 Å². The van der Waals surface area contributed by atoms with E-state index in [2.05, 4.69) is 262 Å². The van der Waals surface area contributed by atoms with Crippen LogP contribution in [-0.4, -0.2) is 17.9 Å². The van der Waals surface area contributed by atoms with Gasteiger partial charge in [-0.05, 0) is 112 Å². The molecule has 12 aromatic carbocycles.